The summed E-state index contributed by atoms with van der Waals surface area (Å²) in [4.78, 5) is 51.1. The van der Waals surface area contributed by atoms with Crippen LogP contribution in [0.5, 0.6) is 23.0 Å². The maximum Gasteiger partial charge on any atom is 0.313 e. The van der Waals surface area contributed by atoms with E-state index in [2.05, 4.69) is 0 Å². The largest absolute Gasteiger partial charge is 0.507 e. The Morgan fingerprint density at radius 3 is 2.12 bits per heavy atom. The molecular formula is C24H24O9. The summed E-state index contributed by atoms with van der Waals surface area (Å²) in [5, 5.41) is 10.5. The molecule has 0 radical (unpaired) electrons. The number of phenolic OH excluding ortho intramolecular Hbond substituents is 1. The Bertz CT molecular complexity index is 1160. The lowest BCUT2D eigenvalue weighted by Gasteiger charge is -2.26. The molecule has 0 fully saturated rings. The minimum Gasteiger partial charge on any atom is -0.507 e. The van der Waals surface area contributed by atoms with E-state index in [1.54, 1.807) is 0 Å². The molecule has 1 aliphatic carbocycles. The van der Waals surface area contributed by atoms with Crippen molar-refractivity contribution in [2.24, 2.45) is 0 Å². The summed E-state index contributed by atoms with van der Waals surface area (Å²) in [7, 11) is 5.22. The third-order valence-electron chi connectivity index (χ3n) is 5.60. The fourth-order valence-corrected chi connectivity index (χ4v) is 4.04. The number of aromatic hydroxyl groups is 1. The zero-order chi connectivity index (χ0) is 24.4. The normalized spacial score (nSPS) is 13.0. The molecule has 0 bridgehead atoms. The number of benzene rings is 2. The molecule has 3 rings (SSSR count). The van der Waals surface area contributed by atoms with Crippen molar-refractivity contribution in [1.82, 2.24) is 0 Å². The van der Waals surface area contributed by atoms with Crippen molar-refractivity contribution in [2.45, 2.75) is 25.7 Å². The van der Waals surface area contributed by atoms with Crippen LogP contribution in [0.2, 0.25) is 0 Å². The van der Waals surface area contributed by atoms with Crippen LogP contribution in [0.3, 0.4) is 0 Å². The number of esters is 1. The highest BCUT2D eigenvalue weighted by atomic mass is 16.5. The Morgan fingerprint density at radius 1 is 0.909 bits per heavy atom. The van der Waals surface area contributed by atoms with Crippen LogP contribution in [0.1, 0.15) is 63.1 Å². The third kappa shape index (κ3) is 4.02. The number of methoxy groups -OCH3 is 4. The molecule has 2 aromatic rings. The molecule has 174 valence electrons. The van der Waals surface area contributed by atoms with Gasteiger partial charge in [-0.3, -0.25) is 14.4 Å². The molecule has 0 saturated heterocycles. The van der Waals surface area contributed by atoms with Gasteiger partial charge in [0.1, 0.15) is 28.8 Å². The minimum absolute atomic E-state index is 0.00668. The summed E-state index contributed by atoms with van der Waals surface area (Å²) >= 11 is 0. The van der Waals surface area contributed by atoms with E-state index in [-0.39, 0.29) is 63.7 Å². The number of carbonyl (C=O) groups is 4. The predicted octanol–water partition coefficient (Wildman–Crippen LogP) is 2.82. The summed E-state index contributed by atoms with van der Waals surface area (Å²) in [6.07, 6.45) is 0.147. The lowest BCUT2D eigenvalue weighted by Crippen LogP contribution is -2.25. The highest BCUT2D eigenvalue weighted by Gasteiger charge is 2.40. The molecule has 33 heavy (non-hydrogen) atoms. The van der Waals surface area contributed by atoms with Crippen molar-refractivity contribution in [3.8, 4) is 23.0 Å². The van der Waals surface area contributed by atoms with E-state index in [9.17, 15) is 24.3 Å². The summed E-state index contributed by atoms with van der Waals surface area (Å²) < 4.78 is 21.0. The Morgan fingerprint density at radius 2 is 1.58 bits per heavy atom. The van der Waals surface area contributed by atoms with E-state index in [1.807, 2.05) is 0 Å². The summed E-state index contributed by atoms with van der Waals surface area (Å²) in [5.41, 5.74) is -0.149. The molecule has 1 N–H and O–H groups in total. The first-order chi connectivity index (χ1) is 15.7. The van der Waals surface area contributed by atoms with Crippen molar-refractivity contribution in [2.75, 3.05) is 28.4 Å². The number of rotatable bonds is 8. The Balaban J connectivity index is 2.33. The van der Waals surface area contributed by atoms with Gasteiger partial charge >= 0.3 is 5.97 Å². The van der Waals surface area contributed by atoms with Gasteiger partial charge < -0.3 is 28.8 Å². The van der Waals surface area contributed by atoms with E-state index in [0.29, 0.717) is 0 Å². The van der Waals surface area contributed by atoms with Crippen LogP contribution in [0, 0.1) is 0 Å². The summed E-state index contributed by atoms with van der Waals surface area (Å²) in [5.74, 6) is -3.14. The van der Waals surface area contributed by atoms with Crippen molar-refractivity contribution < 1.29 is 43.2 Å². The molecule has 0 aromatic heterocycles. The monoisotopic (exact) mass is 456 g/mol. The minimum atomic E-state index is -0.997. The number of hydrogen-bond acceptors (Lipinski definition) is 9. The van der Waals surface area contributed by atoms with Crippen LogP contribution in [-0.2, 0) is 14.3 Å². The fourth-order valence-electron chi connectivity index (χ4n) is 4.04. The Kier molecular flexibility index (Phi) is 6.71. The second-order valence-corrected chi connectivity index (χ2v) is 7.49. The Labute approximate surface area is 190 Å². The predicted molar refractivity (Wildman–Crippen MR) is 116 cm³/mol. The fraction of sp³-hybridized carbons (Fsp3) is 0.333. The SMILES string of the molecule is COC(=O)C(CCC(C)=O)c1c(OC)cc2c(c1OC)C(=O)c1c(O)cc(OC)cc1C2=O. The van der Waals surface area contributed by atoms with Gasteiger partial charge in [0.05, 0.1) is 51.0 Å². The molecule has 1 unspecified atom stereocenters. The first kappa shape index (κ1) is 23.8. The van der Waals surface area contributed by atoms with Crippen molar-refractivity contribution in [3.05, 3.63) is 46.0 Å². The zero-order valence-electron chi connectivity index (χ0n) is 18.9. The number of hydrogen-bond donors (Lipinski definition) is 1. The topological polar surface area (TPSA) is 125 Å². The number of fused-ring (bicyclic) bond motifs is 2. The van der Waals surface area contributed by atoms with Gasteiger partial charge in [0, 0.05) is 23.6 Å². The molecule has 2 aromatic carbocycles. The van der Waals surface area contributed by atoms with Crippen molar-refractivity contribution in [3.63, 3.8) is 0 Å². The lowest BCUT2D eigenvalue weighted by atomic mass is 9.79. The maximum absolute atomic E-state index is 13.5. The van der Waals surface area contributed by atoms with Crippen molar-refractivity contribution >= 4 is 23.3 Å². The smallest absolute Gasteiger partial charge is 0.313 e. The molecule has 0 amide bonds. The van der Waals surface area contributed by atoms with Gasteiger partial charge in [-0.25, -0.2) is 0 Å². The van der Waals surface area contributed by atoms with E-state index in [1.165, 1.54) is 53.6 Å². The molecule has 1 atom stereocenters. The Hall–Kier alpha value is -3.88. The van der Waals surface area contributed by atoms with Crippen molar-refractivity contribution in [1.29, 1.82) is 0 Å². The van der Waals surface area contributed by atoms with Crippen LogP contribution < -0.4 is 14.2 Å². The molecule has 0 heterocycles. The van der Waals surface area contributed by atoms with Gasteiger partial charge in [-0.2, -0.15) is 0 Å². The number of carbonyl (C=O) groups excluding carboxylic acids is 4. The number of ether oxygens (including phenoxy) is 4. The van der Waals surface area contributed by atoms with Gasteiger partial charge in [0.15, 0.2) is 5.78 Å². The van der Waals surface area contributed by atoms with Gasteiger partial charge in [-0.15, -0.1) is 0 Å². The second kappa shape index (κ2) is 9.32. The number of Topliss-reactive ketones (excluding diaryl/α,β-unsaturated/α-hetero) is 1. The van der Waals surface area contributed by atoms with Crippen LogP contribution >= 0.6 is 0 Å². The molecule has 0 saturated carbocycles. The molecule has 9 nitrogen and oxygen atoms in total. The van der Waals surface area contributed by atoms with E-state index >= 15 is 0 Å². The molecule has 0 spiro atoms. The van der Waals surface area contributed by atoms with Gasteiger partial charge in [0.25, 0.3) is 0 Å². The standard InChI is InChI=1S/C24H24O9/c1-11(25)6-7-13(24(29)33-5)19-17(31-3)10-15-20(23(19)32-4)22(28)18-14(21(15)27)8-12(30-2)9-16(18)26/h8-10,13,26H,6-7H2,1-5H3. The average molecular weight is 456 g/mol. The van der Waals surface area contributed by atoms with Gasteiger partial charge in [-0.1, -0.05) is 0 Å². The van der Waals surface area contributed by atoms with Gasteiger partial charge in [-0.05, 0) is 25.5 Å². The molecule has 9 heteroatoms. The lowest BCUT2D eigenvalue weighted by molar-refractivity contribution is -0.142. The van der Waals surface area contributed by atoms with Crippen LogP contribution in [0.25, 0.3) is 0 Å². The highest BCUT2D eigenvalue weighted by Crippen LogP contribution is 2.47. The maximum atomic E-state index is 13.5. The quantitative estimate of drug-likeness (QED) is 0.509. The summed E-state index contributed by atoms with van der Waals surface area (Å²) in [6, 6.07) is 3.96. The molecule has 0 aliphatic heterocycles. The molecular weight excluding hydrogens is 432 g/mol. The van der Waals surface area contributed by atoms with Gasteiger partial charge in [0.2, 0.25) is 5.78 Å². The van der Waals surface area contributed by atoms with Crippen LogP contribution in [0.4, 0.5) is 0 Å². The number of ketones is 3. The van der Waals surface area contributed by atoms with E-state index in [0.717, 1.165) is 0 Å². The zero-order valence-corrected chi connectivity index (χ0v) is 18.9. The summed E-state index contributed by atoms with van der Waals surface area (Å²) in [6.45, 7) is 1.39. The highest BCUT2D eigenvalue weighted by molar-refractivity contribution is 6.30. The van der Waals surface area contributed by atoms with E-state index in [4.69, 9.17) is 18.9 Å². The second-order valence-electron chi connectivity index (χ2n) is 7.49. The molecule has 1 aliphatic rings. The third-order valence-corrected chi connectivity index (χ3v) is 5.60. The number of phenols is 1. The van der Waals surface area contributed by atoms with Crippen LogP contribution in [-0.4, -0.2) is 56.9 Å². The average Bonchev–Trinajstić information content (AvgIpc) is 2.80. The first-order valence-corrected chi connectivity index (χ1v) is 10.1. The van der Waals surface area contributed by atoms with Crippen LogP contribution in [0.15, 0.2) is 18.2 Å². The van der Waals surface area contributed by atoms with E-state index < -0.39 is 29.2 Å². The first-order valence-electron chi connectivity index (χ1n) is 10.1.